The van der Waals surface area contributed by atoms with E-state index in [1.807, 2.05) is 13.0 Å². The number of nitrogens with zero attached hydrogens (tertiary/aromatic N) is 2. The smallest absolute Gasteiger partial charge is 0.121 e. The summed E-state index contributed by atoms with van der Waals surface area (Å²) in [6.07, 6.45) is 3.68. The van der Waals surface area contributed by atoms with Crippen LogP contribution in [0.2, 0.25) is 0 Å². The lowest BCUT2D eigenvalue weighted by Gasteiger charge is -2.12. The van der Waals surface area contributed by atoms with Crippen LogP contribution >= 0.6 is 0 Å². The second-order valence-electron chi connectivity index (χ2n) is 4.13. The summed E-state index contributed by atoms with van der Waals surface area (Å²) in [5.41, 5.74) is 0.757. The maximum Gasteiger partial charge on any atom is 0.121 e. The quantitative estimate of drug-likeness (QED) is 0.427. The Balaban J connectivity index is 2.57. The van der Waals surface area contributed by atoms with Crippen LogP contribution in [0.5, 0.6) is 0 Å². The molecule has 1 unspecified atom stereocenters. The average molecular weight is 220 g/mol. The molecular weight excluding hydrogens is 200 g/mol. The highest BCUT2D eigenvalue weighted by Gasteiger charge is 2.20. The van der Waals surface area contributed by atoms with Crippen molar-refractivity contribution in [2.24, 2.45) is 4.99 Å². The molecule has 1 heterocycles. The maximum absolute atomic E-state index is 8.86. The number of nitriles is 1. The third-order valence-corrected chi connectivity index (χ3v) is 2.78. The molecule has 2 N–H and O–H groups in total. The molecule has 4 heteroatoms. The van der Waals surface area contributed by atoms with Crippen LogP contribution in [0.3, 0.4) is 0 Å². The van der Waals surface area contributed by atoms with E-state index in [0.717, 1.165) is 30.8 Å². The fourth-order valence-electron chi connectivity index (χ4n) is 1.81. The average Bonchev–Trinajstić information content (AvgIpc) is 2.70. The summed E-state index contributed by atoms with van der Waals surface area (Å²) in [6, 6.07) is 3.15. The number of aliphatic imine (C=N–C) groups is 1. The van der Waals surface area contributed by atoms with E-state index < -0.39 is 0 Å². The lowest BCUT2D eigenvalue weighted by atomic mass is 10.1. The van der Waals surface area contributed by atoms with E-state index in [9.17, 15) is 0 Å². The van der Waals surface area contributed by atoms with Crippen molar-refractivity contribution in [3.63, 3.8) is 0 Å². The summed E-state index contributed by atoms with van der Waals surface area (Å²) in [6.45, 7) is 5.11. The fraction of sp³-hybridized carbons (Fsp3) is 0.667. The highest BCUT2D eigenvalue weighted by molar-refractivity contribution is 5.94. The van der Waals surface area contributed by atoms with Gasteiger partial charge < -0.3 is 10.6 Å². The zero-order valence-corrected chi connectivity index (χ0v) is 10.2. The topological polar surface area (TPSA) is 60.2 Å². The number of hydrogen-bond acceptors (Lipinski definition) is 3. The van der Waals surface area contributed by atoms with Gasteiger partial charge in [-0.1, -0.05) is 6.92 Å². The van der Waals surface area contributed by atoms with Crippen molar-refractivity contribution in [2.75, 3.05) is 13.6 Å². The molecule has 0 aromatic rings. The van der Waals surface area contributed by atoms with E-state index in [4.69, 9.17) is 5.26 Å². The number of allylic oxidation sites excluding steroid dienone is 1. The van der Waals surface area contributed by atoms with Crippen LogP contribution in [0.15, 0.2) is 16.6 Å². The Morgan fingerprint density at radius 2 is 2.44 bits per heavy atom. The van der Waals surface area contributed by atoms with Gasteiger partial charge in [0.25, 0.3) is 0 Å². The van der Waals surface area contributed by atoms with Crippen molar-refractivity contribution in [1.82, 2.24) is 10.6 Å². The van der Waals surface area contributed by atoms with Gasteiger partial charge in [-0.25, -0.2) is 0 Å². The van der Waals surface area contributed by atoms with E-state index in [-0.39, 0.29) is 0 Å². The molecule has 1 aliphatic heterocycles. The number of hydrogen-bond donors (Lipinski definition) is 2. The summed E-state index contributed by atoms with van der Waals surface area (Å²) >= 11 is 0. The van der Waals surface area contributed by atoms with Crippen LogP contribution < -0.4 is 10.6 Å². The van der Waals surface area contributed by atoms with Gasteiger partial charge in [-0.2, -0.15) is 5.26 Å². The third kappa shape index (κ3) is 3.67. The first kappa shape index (κ1) is 12.7. The molecule has 0 radical (unpaired) electrons. The Morgan fingerprint density at radius 3 is 2.88 bits per heavy atom. The van der Waals surface area contributed by atoms with Gasteiger partial charge in [0.05, 0.1) is 6.07 Å². The largest absolute Gasteiger partial charge is 0.366 e. The van der Waals surface area contributed by atoms with E-state index >= 15 is 0 Å². The molecule has 0 amide bonds. The molecule has 4 nitrogen and oxygen atoms in total. The molecular formula is C12H20N4. The first-order valence-electron chi connectivity index (χ1n) is 5.77. The van der Waals surface area contributed by atoms with E-state index in [1.165, 1.54) is 0 Å². The van der Waals surface area contributed by atoms with Gasteiger partial charge in [0.15, 0.2) is 0 Å². The summed E-state index contributed by atoms with van der Waals surface area (Å²) in [4.78, 5) is 4.16. The van der Waals surface area contributed by atoms with Gasteiger partial charge in [0.2, 0.25) is 0 Å². The molecule has 1 fully saturated rings. The predicted octanol–water partition coefficient (Wildman–Crippen LogP) is 1.21. The van der Waals surface area contributed by atoms with E-state index in [1.54, 1.807) is 7.05 Å². The molecule has 16 heavy (non-hydrogen) atoms. The Hall–Kier alpha value is -1.34. The Morgan fingerprint density at radius 1 is 1.69 bits per heavy atom. The van der Waals surface area contributed by atoms with Crippen molar-refractivity contribution < 1.29 is 0 Å². The van der Waals surface area contributed by atoms with Crippen LogP contribution in [0.1, 0.15) is 26.7 Å². The lowest BCUT2D eigenvalue weighted by molar-refractivity contribution is 0.634. The van der Waals surface area contributed by atoms with Gasteiger partial charge in [-0.15, -0.1) is 0 Å². The van der Waals surface area contributed by atoms with E-state index in [0.29, 0.717) is 12.1 Å². The zero-order chi connectivity index (χ0) is 12.0. The molecule has 0 aliphatic carbocycles. The van der Waals surface area contributed by atoms with Gasteiger partial charge in [-0.3, -0.25) is 4.99 Å². The Kier molecular flexibility index (Phi) is 5.00. The van der Waals surface area contributed by atoms with Gasteiger partial charge >= 0.3 is 0 Å². The third-order valence-electron chi connectivity index (χ3n) is 2.78. The van der Waals surface area contributed by atoms with Crippen molar-refractivity contribution in [3.8, 4) is 6.07 Å². The summed E-state index contributed by atoms with van der Waals surface area (Å²) in [7, 11) is 1.75. The second-order valence-corrected chi connectivity index (χ2v) is 4.13. The number of nitrogens with one attached hydrogen (secondary N) is 2. The Labute approximate surface area is 97.4 Å². The van der Waals surface area contributed by atoms with Crippen molar-refractivity contribution >= 4 is 5.84 Å². The summed E-state index contributed by atoms with van der Waals surface area (Å²) < 4.78 is 0. The van der Waals surface area contributed by atoms with Crippen LogP contribution in [-0.2, 0) is 0 Å². The SMILES string of the molecule is CC/C(C#N)=C\C(=NC)NC1CN[C@H](C)C1. The molecule has 0 bridgehead atoms. The highest BCUT2D eigenvalue weighted by atomic mass is 15.1. The fourth-order valence-corrected chi connectivity index (χ4v) is 1.81. The van der Waals surface area contributed by atoms with Crippen LogP contribution in [-0.4, -0.2) is 31.5 Å². The minimum absolute atomic E-state index is 0.418. The standard InChI is InChI=1S/C12H20N4/c1-4-10(7-13)6-12(14-3)16-11-5-9(2)15-8-11/h6,9,11,15H,4-5,8H2,1-3H3,(H,14,16)/b10-6+/t9-,11?/m1/s1. The summed E-state index contributed by atoms with van der Waals surface area (Å²) in [5.74, 6) is 0.805. The minimum Gasteiger partial charge on any atom is -0.366 e. The maximum atomic E-state index is 8.86. The highest BCUT2D eigenvalue weighted by Crippen LogP contribution is 2.06. The molecule has 2 atom stereocenters. The molecule has 0 aromatic heterocycles. The zero-order valence-electron chi connectivity index (χ0n) is 10.2. The van der Waals surface area contributed by atoms with Crippen LogP contribution in [0.4, 0.5) is 0 Å². The van der Waals surface area contributed by atoms with Crippen LogP contribution in [0, 0.1) is 11.3 Å². The minimum atomic E-state index is 0.418. The lowest BCUT2D eigenvalue weighted by Crippen LogP contribution is -2.35. The molecule has 1 saturated heterocycles. The predicted molar refractivity (Wildman–Crippen MR) is 66.4 cm³/mol. The van der Waals surface area contributed by atoms with Gasteiger partial charge in [0.1, 0.15) is 5.84 Å². The normalized spacial score (nSPS) is 26.6. The molecule has 0 saturated carbocycles. The molecule has 0 spiro atoms. The molecule has 1 aliphatic rings. The number of rotatable bonds is 3. The van der Waals surface area contributed by atoms with Crippen LogP contribution in [0.25, 0.3) is 0 Å². The molecule has 0 aromatic carbocycles. The van der Waals surface area contributed by atoms with Gasteiger partial charge in [-0.05, 0) is 25.8 Å². The van der Waals surface area contributed by atoms with Crippen molar-refractivity contribution in [1.29, 1.82) is 5.26 Å². The monoisotopic (exact) mass is 220 g/mol. The van der Waals surface area contributed by atoms with Crippen molar-refractivity contribution in [3.05, 3.63) is 11.6 Å². The van der Waals surface area contributed by atoms with Gasteiger partial charge in [0, 0.05) is 31.2 Å². The molecule has 88 valence electrons. The Bertz CT molecular complexity index is 324. The van der Waals surface area contributed by atoms with E-state index in [2.05, 4.69) is 28.6 Å². The summed E-state index contributed by atoms with van der Waals surface area (Å²) in [5, 5.41) is 15.6. The second kappa shape index (κ2) is 6.29. The first-order valence-corrected chi connectivity index (χ1v) is 5.77. The molecule has 1 rings (SSSR count). The van der Waals surface area contributed by atoms with Crippen molar-refractivity contribution in [2.45, 2.75) is 38.8 Å². The first-order chi connectivity index (χ1) is 7.69. The number of amidine groups is 1.